The Morgan fingerprint density at radius 3 is 2.41 bits per heavy atom. The molecular weight excluding hydrogens is 236 g/mol. The van der Waals surface area contributed by atoms with Crippen LogP contribution in [0.5, 0.6) is 0 Å². The summed E-state index contributed by atoms with van der Waals surface area (Å²) in [5.41, 5.74) is 5.68. The Bertz CT molecular complexity index is 505. The number of anilines is 1. The van der Waals surface area contributed by atoms with Crippen LogP contribution < -0.4 is 10.5 Å². The number of nitrogens with two attached hydrogens (primary N) is 1. The summed E-state index contributed by atoms with van der Waals surface area (Å²) in [6.45, 7) is 1.96. The van der Waals surface area contributed by atoms with E-state index in [4.69, 9.17) is 5.73 Å². The maximum absolute atomic E-state index is 12.2. The fraction of sp³-hybridized carbons (Fsp3) is 0.500. The van der Waals surface area contributed by atoms with Crippen molar-refractivity contribution in [3.63, 3.8) is 0 Å². The summed E-state index contributed by atoms with van der Waals surface area (Å²) in [6, 6.07) is 6.55. The summed E-state index contributed by atoms with van der Waals surface area (Å²) >= 11 is 0. The highest BCUT2D eigenvalue weighted by molar-refractivity contribution is 7.89. The van der Waals surface area contributed by atoms with Gasteiger partial charge in [-0.05, 0) is 31.9 Å². The molecule has 0 spiro atoms. The summed E-state index contributed by atoms with van der Waals surface area (Å²) in [5, 5.41) is 0. The van der Waals surface area contributed by atoms with Gasteiger partial charge in [0.1, 0.15) is 4.90 Å². The van der Waals surface area contributed by atoms with Gasteiger partial charge in [0.15, 0.2) is 0 Å². The molecule has 1 aromatic carbocycles. The molecule has 0 bridgehead atoms. The minimum Gasteiger partial charge on any atom is -0.398 e. The second-order valence-corrected chi connectivity index (χ2v) is 6.56. The van der Waals surface area contributed by atoms with E-state index in [-0.39, 0.29) is 10.4 Å². The van der Waals surface area contributed by atoms with Gasteiger partial charge in [0.25, 0.3) is 0 Å². The van der Waals surface area contributed by atoms with E-state index >= 15 is 0 Å². The van der Waals surface area contributed by atoms with Crippen LogP contribution in [0.3, 0.4) is 0 Å². The predicted molar refractivity (Wildman–Crippen MR) is 68.0 cm³/mol. The van der Waals surface area contributed by atoms with Gasteiger partial charge < -0.3 is 5.73 Å². The second-order valence-electron chi connectivity index (χ2n) is 4.91. The van der Waals surface area contributed by atoms with E-state index in [2.05, 4.69) is 4.72 Å². The number of hydrogen-bond acceptors (Lipinski definition) is 3. The number of rotatable bonds is 3. The first kappa shape index (κ1) is 12.4. The third kappa shape index (κ3) is 2.61. The van der Waals surface area contributed by atoms with Crippen LogP contribution in [-0.2, 0) is 10.0 Å². The molecule has 4 nitrogen and oxygen atoms in total. The molecule has 0 radical (unpaired) electrons. The van der Waals surface area contributed by atoms with E-state index in [1.165, 1.54) is 6.07 Å². The summed E-state index contributed by atoms with van der Waals surface area (Å²) < 4.78 is 27.2. The molecule has 1 aliphatic carbocycles. The van der Waals surface area contributed by atoms with Gasteiger partial charge in [0.2, 0.25) is 10.0 Å². The third-order valence-electron chi connectivity index (χ3n) is 3.30. The van der Waals surface area contributed by atoms with Crippen molar-refractivity contribution in [2.45, 2.75) is 43.0 Å². The highest BCUT2D eigenvalue weighted by Crippen LogP contribution is 2.31. The Labute approximate surface area is 102 Å². The molecule has 94 valence electrons. The van der Waals surface area contributed by atoms with Gasteiger partial charge in [-0.25, -0.2) is 13.1 Å². The number of nitrogen functional groups attached to an aromatic ring is 1. The molecular formula is C12H18N2O2S. The van der Waals surface area contributed by atoms with Gasteiger partial charge in [0, 0.05) is 5.54 Å². The molecule has 17 heavy (non-hydrogen) atoms. The zero-order valence-corrected chi connectivity index (χ0v) is 10.8. The highest BCUT2D eigenvalue weighted by Gasteiger charge is 2.33. The van der Waals surface area contributed by atoms with E-state index in [0.717, 1.165) is 25.7 Å². The Morgan fingerprint density at radius 1 is 1.24 bits per heavy atom. The van der Waals surface area contributed by atoms with Crippen molar-refractivity contribution >= 4 is 15.7 Å². The van der Waals surface area contributed by atoms with E-state index in [1.54, 1.807) is 18.2 Å². The first-order valence-corrected chi connectivity index (χ1v) is 7.30. The second kappa shape index (κ2) is 4.31. The topological polar surface area (TPSA) is 72.2 Å². The molecule has 1 fully saturated rings. The third-order valence-corrected chi connectivity index (χ3v) is 5.01. The van der Waals surface area contributed by atoms with E-state index in [1.807, 2.05) is 6.92 Å². The van der Waals surface area contributed by atoms with Crippen LogP contribution >= 0.6 is 0 Å². The maximum atomic E-state index is 12.2. The van der Waals surface area contributed by atoms with Crippen LogP contribution in [0.15, 0.2) is 29.2 Å². The van der Waals surface area contributed by atoms with Gasteiger partial charge in [-0.15, -0.1) is 0 Å². The lowest BCUT2D eigenvalue weighted by Gasteiger charge is -2.25. The molecule has 3 N–H and O–H groups in total. The number of nitrogens with one attached hydrogen (secondary N) is 1. The van der Waals surface area contributed by atoms with Gasteiger partial charge >= 0.3 is 0 Å². The van der Waals surface area contributed by atoms with Crippen molar-refractivity contribution in [3.8, 4) is 0 Å². The lowest BCUT2D eigenvalue weighted by atomic mass is 10.0. The Balaban J connectivity index is 2.28. The standard InChI is InChI=1S/C12H18N2O2S/c1-12(8-4-5-9-12)14-17(15,16)11-7-3-2-6-10(11)13/h2-3,6-7,14H,4-5,8-9,13H2,1H3. The van der Waals surface area contributed by atoms with Crippen molar-refractivity contribution in [2.24, 2.45) is 0 Å². The largest absolute Gasteiger partial charge is 0.398 e. The predicted octanol–water partition coefficient (Wildman–Crippen LogP) is 1.88. The normalized spacial score (nSPS) is 19.4. The lowest BCUT2D eigenvalue weighted by molar-refractivity contribution is 0.427. The van der Waals surface area contributed by atoms with Crippen LogP contribution in [0, 0.1) is 0 Å². The van der Waals surface area contributed by atoms with Gasteiger partial charge in [-0.3, -0.25) is 0 Å². The minimum absolute atomic E-state index is 0.174. The zero-order valence-electron chi connectivity index (χ0n) is 9.94. The van der Waals surface area contributed by atoms with Crippen LogP contribution in [0.25, 0.3) is 0 Å². The van der Waals surface area contributed by atoms with E-state index < -0.39 is 10.0 Å². The number of benzene rings is 1. The molecule has 0 saturated heterocycles. The highest BCUT2D eigenvalue weighted by atomic mass is 32.2. The van der Waals surface area contributed by atoms with Gasteiger partial charge in [-0.2, -0.15) is 0 Å². The minimum atomic E-state index is -3.51. The van der Waals surface area contributed by atoms with Gasteiger partial charge in [-0.1, -0.05) is 25.0 Å². The fourth-order valence-corrected chi connectivity index (χ4v) is 3.96. The van der Waals surface area contributed by atoms with Crippen molar-refractivity contribution in [1.82, 2.24) is 4.72 Å². The smallest absolute Gasteiger partial charge is 0.243 e. The van der Waals surface area contributed by atoms with Crippen molar-refractivity contribution in [3.05, 3.63) is 24.3 Å². The summed E-state index contributed by atoms with van der Waals surface area (Å²) in [7, 11) is -3.51. The fourth-order valence-electron chi connectivity index (χ4n) is 2.36. The number of para-hydroxylation sites is 1. The average molecular weight is 254 g/mol. The Morgan fingerprint density at radius 2 is 1.82 bits per heavy atom. The van der Waals surface area contributed by atoms with Crippen molar-refractivity contribution < 1.29 is 8.42 Å². The zero-order chi connectivity index (χ0) is 12.5. The van der Waals surface area contributed by atoms with Crippen molar-refractivity contribution in [1.29, 1.82) is 0 Å². The number of sulfonamides is 1. The molecule has 1 saturated carbocycles. The molecule has 0 atom stereocenters. The summed E-state index contributed by atoms with van der Waals surface area (Å²) in [6.07, 6.45) is 3.92. The first-order chi connectivity index (χ1) is 7.93. The van der Waals surface area contributed by atoms with E-state index in [0.29, 0.717) is 5.69 Å². The molecule has 0 heterocycles. The molecule has 0 aromatic heterocycles. The Kier molecular flexibility index (Phi) is 3.14. The van der Waals surface area contributed by atoms with Crippen LogP contribution in [0.4, 0.5) is 5.69 Å². The Hall–Kier alpha value is -1.07. The molecule has 2 rings (SSSR count). The molecule has 1 aromatic rings. The van der Waals surface area contributed by atoms with Crippen molar-refractivity contribution in [2.75, 3.05) is 5.73 Å². The van der Waals surface area contributed by atoms with Crippen LogP contribution in [0.2, 0.25) is 0 Å². The molecule has 5 heteroatoms. The van der Waals surface area contributed by atoms with Gasteiger partial charge in [0.05, 0.1) is 5.69 Å². The quantitative estimate of drug-likeness (QED) is 0.809. The average Bonchev–Trinajstić information content (AvgIpc) is 2.64. The summed E-state index contributed by atoms with van der Waals surface area (Å²) in [4.78, 5) is 0.174. The van der Waals surface area contributed by atoms with Crippen LogP contribution in [-0.4, -0.2) is 14.0 Å². The summed E-state index contributed by atoms with van der Waals surface area (Å²) in [5.74, 6) is 0. The molecule has 0 amide bonds. The molecule has 0 unspecified atom stereocenters. The lowest BCUT2D eigenvalue weighted by Crippen LogP contribution is -2.43. The molecule has 0 aliphatic heterocycles. The first-order valence-electron chi connectivity index (χ1n) is 5.81. The SMILES string of the molecule is CC1(NS(=O)(=O)c2ccccc2N)CCCC1. The van der Waals surface area contributed by atoms with Crippen LogP contribution in [0.1, 0.15) is 32.6 Å². The van der Waals surface area contributed by atoms with E-state index in [9.17, 15) is 8.42 Å². The number of hydrogen-bond donors (Lipinski definition) is 2. The maximum Gasteiger partial charge on any atom is 0.243 e. The monoisotopic (exact) mass is 254 g/mol. The molecule has 1 aliphatic rings.